The van der Waals surface area contributed by atoms with Crippen LogP contribution in [0.2, 0.25) is 0 Å². The van der Waals surface area contributed by atoms with Gasteiger partial charge >= 0.3 is 0 Å². The van der Waals surface area contributed by atoms with Crippen LogP contribution in [0, 0.1) is 12.7 Å². The summed E-state index contributed by atoms with van der Waals surface area (Å²) in [4.78, 5) is 14.6. The van der Waals surface area contributed by atoms with Crippen LogP contribution in [0.25, 0.3) is 0 Å². The normalized spacial score (nSPS) is 12.4. The van der Waals surface area contributed by atoms with Crippen molar-refractivity contribution >= 4 is 11.7 Å². The van der Waals surface area contributed by atoms with E-state index in [9.17, 15) is 9.18 Å². The highest BCUT2D eigenvalue weighted by molar-refractivity contribution is 5.94. The zero-order valence-corrected chi connectivity index (χ0v) is 14.7. The number of carbonyl (C=O) groups excluding carboxylic acids is 1. The van der Waals surface area contributed by atoms with E-state index in [2.05, 4.69) is 17.3 Å². The van der Waals surface area contributed by atoms with E-state index in [1.165, 1.54) is 12.1 Å². The molecule has 1 amide bonds. The predicted octanol–water partition coefficient (Wildman–Crippen LogP) is 3.37. The van der Waals surface area contributed by atoms with E-state index < -0.39 is 6.04 Å². The van der Waals surface area contributed by atoms with Crippen molar-refractivity contribution in [3.63, 3.8) is 0 Å². The molecule has 1 atom stereocenters. The van der Waals surface area contributed by atoms with Gasteiger partial charge in [0.1, 0.15) is 17.7 Å². The van der Waals surface area contributed by atoms with Gasteiger partial charge in [-0.15, -0.1) is 0 Å². The van der Waals surface area contributed by atoms with E-state index in [-0.39, 0.29) is 11.7 Å². The molecule has 130 valence electrons. The molecule has 0 saturated carbocycles. The van der Waals surface area contributed by atoms with Gasteiger partial charge in [0.25, 0.3) is 0 Å². The van der Waals surface area contributed by atoms with Gasteiger partial charge in [0.05, 0.1) is 5.69 Å². The van der Waals surface area contributed by atoms with Gasteiger partial charge in [-0.25, -0.2) is 9.07 Å². The van der Waals surface area contributed by atoms with Gasteiger partial charge in [-0.2, -0.15) is 5.10 Å². The Labute approximate surface area is 142 Å². The Bertz CT molecular complexity index is 679. The van der Waals surface area contributed by atoms with Crippen LogP contribution < -0.4 is 5.32 Å². The molecule has 1 aromatic carbocycles. The maximum atomic E-state index is 13.1. The summed E-state index contributed by atoms with van der Waals surface area (Å²) in [6.45, 7) is 4.79. The number of aromatic nitrogens is 2. The lowest BCUT2D eigenvalue weighted by molar-refractivity contribution is -0.120. The number of likely N-dealkylation sites (N-methyl/N-ethyl adjacent to an activating group) is 1. The number of unbranched alkanes of at least 4 members (excludes halogenated alkanes) is 1. The first-order valence-electron chi connectivity index (χ1n) is 8.19. The van der Waals surface area contributed by atoms with E-state index >= 15 is 0 Å². The molecule has 2 rings (SSSR count). The summed E-state index contributed by atoms with van der Waals surface area (Å²) in [7, 11) is 3.65. The van der Waals surface area contributed by atoms with Crippen LogP contribution in [-0.4, -0.2) is 34.7 Å². The van der Waals surface area contributed by atoms with Crippen molar-refractivity contribution < 1.29 is 9.18 Å². The maximum absolute atomic E-state index is 13.1. The van der Waals surface area contributed by atoms with Crippen molar-refractivity contribution in [3.8, 4) is 0 Å². The Morgan fingerprint density at radius 3 is 2.58 bits per heavy atom. The number of anilines is 1. The molecule has 0 spiro atoms. The van der Waals surface area contributed by atoms with Crippen LogP contribution >= 0.6 is 0 Å². The summed E-state index contributed by atoms with van der Waals surface area (Å²) < 4.78 is 15.0. The largest absolute Gasteiger partial charge is 0.309 e. The van der Waals surface area contributed by atoms with Gasteiger partial charge in [0.2, 0.25) is 5.91 Å². The molecule has 1 aromatic heterocycles. The quantitative estimate of drug-likeness (QED) is 0.846. The Balaban J connectivity index is 2.21. The fourth-order valence-corrected chi connectivity index (χ4v) is 2.65. The number of rotatable bonds is 7. The maximum Gasteiger partial charge on any atom is 0.247 e. The van der Waals surface area contributed by atoms with E-state index in [4.69, 9.17) is 0 Å². The fraction of sp³-hybridized carbons (Fsp3) is 0.444. The lowest BCUT2D eigenvalue weighted by Crippen LogP contribution is -2.33. The van der Waals surface area contributed by atoms with E-state index in [0.29, 0.717) is 5.82 Å². The average molecular weight is 332 g/mol. The zero-order chi connectivity index (χ0) is 17.7. The third kappa shape index (κ3) is 4.41. The molecule has 2 aromatic rings. The number of benzene rings is 1. The molecule has 1 unspecified atom stereocenters. The number of halogens is 1. The minimum atomic E-state index is -0.500. The molecule has 1 N–H and O–H groups in total. The number of nitrogens with zero attached hydrogens (tertiary/aromatic N) is 3. The van der Waals surface area contributed by atoms with Crippen molar-refractivity contribution in [1.29, 1.82) is 0 Å². The van der Waals surface area contributed by atoms with Crippen molar-refractivity contribution in [3.05, 3.63) is 47.4 Å². The van der Waals surface area contributed by atoms with Gasteiger partial charge in [0, 0.05) is 12.6 Å². The number of nitrogens with one attached hydrogen (secondary N) is 1. The van der Waals surface area contributed by atoms with Gasteiger partial charge < -0.3 is 5.32 Å². The summed E-state index contributed by atoms with van der Waals surface area (Å²) in [5.41, 5.74) is 1.61. The molecule has 0 bridgehead atoms. The summed E-state index contributed by atoms with van der Waals surface area (Å²) in [5.74, 6) is 0.217. The number of aryl methyl sites for hydroxylation is 2. The Morgan fingerprint density at radius 1 is 1.33 bits per heavy atom. The molecule has 1 heterocycles. The van der Waals surface area contributed by atoms with Gasteiger partial charge in [-0.1, -0.05) is 25.5 Å². The van der Waals surface area contributed by atoms with E-state index in [1.54, 1.807) is 12.1 Å². The summed E-state index contributed by atoms with van der Waals surface area (Å²) >= 11 is 0. The SMILES string of the molecule is CCCCn1nc(C)cc1NC(=O)C(c1ccc(F)cc1)N(C)C. The molecule has 0 aliphatic rings. The van der Waals surface area contributed by atoms with Crippen LogP contribution in [0.4, 0.5) is 10.2 Å². The molecule has 6 heteroatoms. The second kappa shape index (κ2) is 8.06. The molecule has 24 heavy (non-hydrogen) atoms. The second-order valence-electron chi connectivity index (χ2n) is 6.15. The number of carbonyl (C=O) groups is 1. The summed E-state index contributed by atoms with van der Waals surface area (Å²) in [5, 5.41) is 7.39. The first kappa shape index (κ1) is 18.1. The first-order valence-corrected chi connectivity index (χ1v) is 8.19. The van der Waals surface area contributed by atoms with Crippen molar-refractivity contribution in [2.45, 2.75) is 39.3 Å². The molecule has 0 aliphatic heterocycles. The monoisotopic (exact) mass is 332 g/mol. The van der Waals surface area contributed by atoms with E-state index in [0.717, 1.165) is 30.6 Å². The average Bonchev–Trinajstić information content (AvgIpc) is 2.86. The topological polar surface area (TPSA) is 50.2 Å². The molecule has 5 nitrogen and oxygen atoms in total. The fourth-order valence-electron chi connectivity index (χ4n) is 2.65. The number of amides is 1. The third-order valence-corrected chi connectivity index (χ3v) is 3.83. The molecule has 0 saturated heterocycles. The lowest BCUT2D eigenvalue weighted by Gasteiger charge is -2.24. The van der Waals surface area contributed by atoms with Gasteiger partial charge in [0.15, 0.2) is 0 Å². The Hall–Kier alpha value is -2.21. The molecule has 0 radical (unpaired) electrons. The number of hydrogen-bond donors (Lipinski definition) is 1. The lowest BCUT2D eigenvalue weighted by atomic mass is 10.1. The molecule has 0 fully saturated rings. The molecule has 0 aliphatic carbocycles. The van der Waals surface area contributed by atoms with Crippen LogP contribution in [0.5, 0.6) is 0 Å². The third-order valence-electron chi connectivity index (χ3n) is 3.83. The van der Waals surface area contributed by atoms with Crippen LogP contribution in [0.1, 0.15) is 37.1 Å². The van der Waals surface area contributed by atoms with Crippen LogP contribution in [0.3, 0.4) is 0 Å². The summed E-state index contributed by atoms with van der Waals surface area (Å²) in [6.07, 6.45) is 2.06. The predicted molar refractivity (Wildman–Crippen MR) is 93.3 cm³/mol. The van der Waals surface area contributed by atoms with Crippen LogP contribution in [0.15, 0.2) is 30.3 Å². The minimum absolute atomic E-state index is 0.163. The molecular formula is C18H25FN4O. The van der Waals surface area contributed by atoms with Gasteiger partial charge in [-0.05, 0) is 45.1 Å². The first-order chi connectivity index (χ1) is 11.4. The highest BCUT2D eigenvalue weighted by atomic mass is 19.1. The smallest absolute Gasteiger partial charge is 0.247 e. The van der Waals surface area contributed by atoms with Crippen molar-refractivity contribution in [2.75, 3.05) is 19.4 Å². The highest BCUT2D eigenvalue weighted by Crippen LogP contribution is 2.21. The minimum Gasteiger partial charge on any atom is -0.309 e. The zero-order valence-electron chi connectivity index (χ0n) is 14.7. The Kier molecular flexibility index (Phi) is 6.09. The van der Waals surface area contributed by atoms with Gasteiger partial charge in [-0.3, -0.25) is 9.69 Å². The highest BCUT2D eigenvalue weighted by Gasteiger charge is 2.24. The number of hydrogen-bond acceptors (Lipinski definition) is 3. The van der Waals surface area contributed by atoms with Crippen LogP contribution in [-0.2, 0) is 11.3 Å². The molecular weight excluding hydrogens is 307 g/mol. The van der Waals surface area contributed by atoms with E-state index in [1.807, 2.05) is 36.7 Å². The van der Waals surface area contributed by atoms with Crippen molar-refractivity contribution in [2.24, 2.45) is 0 Å². The van der Waals surface area contributed by atoms with Crippen molar-refractivity contribution in [1.82, 2.24) is 14.7 Å². The standard InChI is InChI=1S/C18H25FN4O/c1-5-6-11-23-16(12-13(2)21-23)20-18(24)17(22(3)4)14-7-9-15(19)10-8-14/h7-10,12,17H,5-6,11H2,1-4H3,(H,20,24). The summed E-state index contributed by atoms with van der Waals surface area (Å²) in [6, 6.07) is 7.38. The second-order valence-corrected chi connectivity index (χ2v) is 6.15. The Morgan fingerprint density at radius 2 is 2.00 bits per heavy atom.